The zero-order valence-electron chi connectivity index (χ0n) is 14.0. The number of carbonyl (C=O) groups is 3. The van der Waals surface area contributed by atoms with Gasteiger partial charge in [-0.3, -0.25) is 14.5 Å². The Hall–Kier alpha value is -2.19. The second-order valence-electron chi connectivity index (χ2n) is 5.82. The number of carbonyl (C=O) groups excluding carboxylic acids is 2. The lowest BCUT2D eigenvalue weighted by Gasteiger charge is -2.21. The second-order valence-corrected chi connectivity index (χ2v) is 7.46. The molecule has 1 aliphatic rings. The maximum Gasteiger partial charge on any atom is 0.327 e. The van der Waals surface area contributed by atoms with E-state index >= 15 is 0 Å². The Balaban J connectivity index is 2.43. The molecule has 0 radical (unpaired) electrons. The number of carboxylic acids is 1. The van der Waals surface area contributed by atoms with Gasteiger partial charge in [-0.15, -0.1) is 0 Å². The van der Waals surface area contributed by atoms with Crippen molar-refractivity contribution >= 4 is 51.7 Å². The summed E-state index contributed by atoms with van der Waals surface area (Å²) in [6.07, 6.45) is -0.488. The number of thioether (sulfide) groups is 1. The number of allylic oxidation sites excluding steroid dienone is 1. The summed E-state index contributed by atoms with van der Waals surface area (Å²) in [5, 5.41) is 9.34. The molecule has 1 fully saturated rings. The third kappa shape index (κ3) is 3.91. The van der Waals surface area contributed by atoms with Gasteiger partial charge in [-0.05, 0) is 43.0 Å². The molecular weight excluding hydrogens is 360 g/mol. The molecule has 8 heteroatoms. The molecule has 6 nitrogen and oxygen atoms in total. The molecule has 0 bridgehead atoms. The third-order valence-corrected chi connectivity index (χ3v) is 5.57. The molecule has 0 aliphatic carbocycles. The number of nitrogens with zero attached hydrogens (tertiary/aromatic N) is 1. The van der Waals surface area contributed by atoms with Gasteiger partial charge in [-0.25, -0.2) is 4.79 Å². The monoisotopic (exact) mass is 378 g/mol. The minimum Gasteiger partial charge on any atom is -0.480 e. The van der Waals surface area contributed by atoms with E-state index in [1.54, 1.807) is 6.92 Å². The summed E-state index contributed by atoms with van der Waals surface area (Å²) in [6, 6.07) is 4.44. The molecule has 132 valence electrons. The van der Waals surface area contributed by atoms with Crippen LogP contribution in [0.2, 0.25) is 0 Å². The van der Waals surface area contributed by atoms with Gasteiger partial charge in [0.2, 0.25) is 5.91 Å². The van der Waals surface area contributed by atoms with E-state index in [1.807, 2.05) is 32.0 Å². The van der Waals surface area contributed by atoms with Gasteiger partial charge in [0, 0.05) is 0 Å². The Morgan fingerprint density at radius 1 is 1.32 bits per heavy atom. The first-order valence-electron chi connectivity index (χ1n) is 7.48. The minimum absolute atomic E-state index is 0.108. The van der Waals surface area contributed by atoms with Crippen molar-refractivity contribution in [3.05, 3.63) is 39.8 Å². The lowest BCUT2D eigenvalue weighted by Crippen LogP contribution is -2.46. The predicted molar refractivity (Wildman–Crippen MR) is 101 cm³/mol. The molecule has 1 aromatic rings. The van der Waals surface area contributed by atoms with Gasteiger partial charge in [0.1, 0.15) is 10.4 Å². The fraction of sp³-hybridized carbons (Fsp3) is 0.294. The van der Waals surface area contributed by atoms with Crippen LogP contribution in [-0.4, -0.2) is 38.2 Å². The fourth-order valence-electron chi connectivity index (χ4n) is 2.46. The third-order valence-electron chi connectivity index (χ3n) is 4.07. The summed E-state index contributed by atoms with van der Waals surface area (Å²) in [6.45, 7) is 5.76. The van der Waals surface area contributed by atoms with Gasteiger partial charge in [-0.1, -0.05) is 42.2 Å². The quantitative estimate of drug-likeness (QED) is 0.602. The molecule has 1 aromatic carbocycles. The summed E-state index contributed by atoms with van der Waals surface area (Å²) < 4.78 is 0.108. The first kappa shape index (κ1) is 19.1. The van der Waals surface area contributed by atoms with Crippen molar-refractivity contribution in [2.75, 3.05) is 0 Å². The van der Waals surface area contributed by atoms with Crippen LogP contribution in [0.4, 0.5) is 0 Å². The van der Waals surface area contributed by atoms with Crippen LogP contribution in [0.1, 0.15) is 30.0 Å². The SMILES string of the molecule is C/C(=C1/SC(=S)N(C(CC(N)=O)C(=O)O)C1=O)c1ccc(C)c(C)c1. The number of aryl methyl sites for hydroxylation is 2. The van der Waals surface area contributed by atoms with Crippen molar-refractivity contribution in [1.82, 2.24) is 4.90 Å². The molecule has 1 unspecified atom stereocenters. The van der Waals surface area contributed by atoms with E-state index < -0.39 is 30.2 Å². The Morgan fingerprint density at radius 2 is 1.96 bits per heavy atom. The van der Waals surface area contributed by atoms with Gasteiger partial charge in [0.25, 0.3) is 5.91 Å². The fourth-order valence-corrected chi connectivity index (χ4v) is 3.86. The van der Waals surface area contributed by atoms with Crippen LogP contribution in [-0.2, 0) is 14.4 Å². The van der Waals surface area contributed by atoms with Crippen molar-refractivity contribution in [1.29, 1.82) is 0 Å². The number of amides is 2. The first-order valence-corrected chi connectivity index (χ1v) is 8.71. The van der Waals surface area contributed by atoms with Crippen LogP contribution in [0.5, 0.6) is 0 Å². The summed E-state index contributed by atoms with van der Waals surface area (Å²) in [7, 11) is 0. The molecule has 1 aliphatic heterocycles. The Bertz CT molecular complexity index is 817. The number of aliphatic carboxylic acids is 1. The van der Waals surface area contributed by atoms with E-state index in [1.165, 1.54) is 0 Å². The predicted octanol–water partition coefficient (Wildman–Crippen LogP) is 2.22. The molecule has 2 rings (SSSR count). The first-order chi connectivity index (χ1) is 11.6. The minimum atomic E-state index is -1.39. The number of carboxylic acid groups (broad SMARTS) is 1. The maximum atomic E-state index is 12.8. The van der Waals surface area contributed by atoms with Crippen molar-refractivity contribution in [2.45, 2.75) is 33.2 Å². The van der Waals surface area contributed by atoms with Crippen LogP contribution in [0.3, 0.4) is 0 Å². The average molecular weight is 378 g/mol. The summed E-state index contributed by atoms with van der Waals surface area (Å²) >= 11 is 6.22. The van der Waals surface area contributed by atoms with Crippen LogP contribution in [0.25, 0.3) is 5.57 Å². The van der Waals surface area contributed by atoms with Gasteiger partial charge in [0.15, 0.2) is 0 Å². The van der Waals surface area contributed by atoms with E-state index in [4.69, 9.17) is 18.0 Å². The van der Waals surface area contributed by atoms with Crippen LogP contribution < -0.4 is 5.73 Å². The lowest BCUT2D eigenvalue weighted by atomic mass is 10.0. The maximum absolute atomic E-state index is 12.8. The molecule has 1 heterocycles. The van der Waals surface area contributed by atoms with E-state index in [2.05, 4.69) is 0 Å². The zero-order chi connectivity index (χ0) is 18.9. The Morgan fingerprint density at radius 3 is 2.48 bits per heavy atom. The lowest BCUT2D eigenvalue weighted by molar-refractivity contribution is -0.146. The number of nitrogens with two attached hydrogens (primary N) is 1. The molecule has 1 saturated heterocycles. The molecule has 3 N–H and O–H groups in total. The van der Waals surface area contributed by atoms with Gasteiger partial charge in [-0.2, -0.15) is 0 Å². The van der Waals surface area contributed by atoms with E-state index in [9.17, 15) is 19.5 Å². The van der Waals surface area contributed by atoms with E-state index in [0.29, 0.717) is 10.5 Å². The van der Waals surface area contributed by atoms with Gasteiger partial charge < -0.3 is 10.8 Å². The number of thiocarbonyl (C=S) groups is 1. The molecule has 0 aromatic heterocycles. The summed E-state index contributed by atoms with van der Waals surface area (Å²) in [5.41, 5.74) is 8.91. The summed E-state index contributed by atoms with van der Waals surface area (Å²) in [4.78, 5) is 36.7. The van der Waals surface area contributed by atoms with Gasteiger partial charge in [0.05, 0.1) is 11.3 Å². The number of hydrogen-bond donors (Lipinski definition) is 2. The Kier molecular flexibility index (Phi) is 5.64. The van der Waals surface area contributed by atoms with Crippen molar-refractivity contribution in [3.8, 4) is 0 Å². The highest BCUT2D eigenvalue weighted by Crippen LogP contribution is 2.38. The highest BCUT2D eigenvalue weighted by Gasteiger charge is 2.42. The molecule has 0 saturated carbocycles. The molecule has 2 amide bonds. The smallest absolute Gasteiger partial charge is 0.327 e. The number of benzene rings is 1. The number of primary amides is 1. The molecule has 1 atom stereocenters. The Labute approximate surface area is 155 Å². The van der Waals surface area contributed by atoms with Crippen molar-refractivity contribution < 1.29 is 19.5 Å². The number of rotatable bonds is 5. The van der Waals surface area contributed by atoms with E-state index in [-0.39, 0.29) is 4.32 Å². The summed E-state index contributed by atoms with van der Waals surface area (Å²) in [5.74, 6) is -2.64. The average Bonchev–Trinajstić information content (AvgIpc) is 2.81. The van der Waals surface area contributed by atoms with Gasteiger partial charge >= 0.3 is 5.97 Å². The van der Waals surface area contributed by atoms with Crippen LogP contribution in [0, 0.1) is 13.8 Å². The number of hydrogen-bond acceptors (Lipinski definition) is 5. The van der Waals surface area contributed by atoms with Crippen molar-refractivity contribution in [3.63, 3.8) is 0 Å². The topological polar surface area (TPSA) is 101 Å². The largest absolute Gasteiger partial charge is 0.480 e. The highest BCUT2D eigenvalue weighted by atomic mass is 32.2. The van der Waals surface area contributed by atoms with Crippen molar-refractivity contribution in [2.24, 2.45) is 5.73 Å². The zero-order valence-corrected chi connectivity index (χ0v) is 15.7. The van der Waals surface area contributed by atoms with Crippen LogP contribution >= 0.6 is 24.0 Å². The molecular formula is C17H18N2O4S2. The molecule has 0 spiro atoms. The second kappa shape index (κ2) is 7.37. The molecule has 25 heavy (non-hydrogen) atoms. The standard InChI is InChI=1S/C17H18N2O4S2/c1-8-4-5-11(6-9(8)2)10(3)14-15(21)19(17(24)25-14)12(16(22)23)7-13(18)20/h4-6,12H,7H2,1-3H3,(H2,18,20)(H,22,23)/b14-10-. The normalized spacial score (nSPS) is 17.6. The highest BCUT2D eigenvalue weighted by molar-refractivity contribution is 8.26. The van der Waals surface area contributed by atoms with Crippen LogP contribution in [0.15, 0.2) is 23.1 Å². The van der Waals surface area contributed by atoms with E-state index in [0.717, 1.165) is 33.4 Å².